The molecule has 1 aromatic rings. The van der Waals surface area contributed by atoms with Gasteiger partial charge in [0.15, 0.2) is 0 Å². The van der Waals surface area contributed by atoms with Crippen LogP contribution >= 0.6 is 0 Å². The van der Waals surface area contributed by atoms with E-state index in [4.69, 9.17) is 4.74 Å². The number of anilines is 1. The summed E-state index contributed by atoms with van der Waals surface area (Å²) in [6.45, 7) is 7.16. The van der Waals surface area contributed by atoms with E-state index in [1.807, 2.05) is 13.8 Å². The number of aryl methyl sites for hydroxylation is 1. The molecule has 1 fully saturated rings. The van der Waals surface area contributed by atoms with Gasteiger partial charge in [-0.25, -0.2) is 9.97 Å². The van der Waals surface area contributed by atoms with Crippen molar-refractivity contribution in [2.75, 3.05) is 18.5 Å². The van der Waals surface area contributed by atoms with Gasteiger partial charge in [0.25, 0.3) is 5.91 Å². The number of aromatic nitrogens is 2. The lowest BCUT2D eigenvalue weighted by atomic mass is 10.2. The standard InChI is InChI=1S/C14H22N4O2/c1-9(2)16-14(19)12-7-13(18-10(3)17-12)15-8-11-5-4-6-20-11/h7,9,11H,4-6,8H2,1-3H3,(H,16,19)(H,15,17,18). The molecular weight excluding hydrogens is 256 g/mol. The quantitative estimate of drug-likeness (QED) is 0.854. The van der Waals surface area contributed by atoms with Crippen molar-refractivity contribution >= 4 is 11.7 Å². The van der Waals surface area contributed by atoms with Gasteiger partial charge in [0.05, 0.1) is 6.10 Å². The van der Waals surface area contributed by atoms with Crippen LogP contribution in [0, 0.1) is 6.92 Å². The van der Waals surface area contributed by atoms with E-state index in [2.05, 4.69) is 20.6 Å². The van der Waals surface area contributed by atoms with E-state index >= 15 is 0 Å². The van der Waals surface area contributed by atoms with Crippen LogP contribution in [0.3, 0.4) is 0 Å². The molecule has 1 aliphatic rings. The van der Waals surface area contributed by atoms with Crippen molar-refractivity contribution in [3.05, 3.63) is 17.6 Å². The van der Waals surface area contributed by atoms with Crippen LogP contribution in [0.15, 0.2) is 6.07 Å². The highest BCUT2D eigenvalue weighted by atomic mass is 16.5. The molecule has 2 N–H and O–H groups in total. The van der Waals surface area contributed by atoms with Crippen LogP contribution in [0.25, 0.3) is 0 Å². The van der Waals surface area contributed by atoms with E-state index in [1.165, 1.54) is 0 Å². The summed E-state index contributed by atoms with van der Waals surface area (Å²) in [5, 5.41) is 6.05. The molecule has 1 aromatic heterocycles. The third-order valence-corrected chi connectivity index (χ3v) is 3.03. The lowest BCUT2D eigenvalue weighted by molar-refractivity contribution is 0.0937. The van der Waals surface area contributed by atoms with Crippen LogP contribution in [0.5, 0.6) is 0 Å². The fourth-order valence-electron chi connectivity index (χ4n) is 2.13. The fraction of sp³-hybridized carbons (Fsp3) is 0.643. The van der Waals surface area contributed by atoms with Crippen molar-refractivity contribution in [1.29, 1.82) is 0 Å². The van der Waals surface area contributed by atoms with Gasteiger partial charge in [0.2, 0.25) is 0 Å². The first kappa shape index (κ1) is 14.7. The van der Waals surface area contributed by atoms with Gasteiger partial charge in [-0.05, 0) is 33.6 Å². The second-order valence-corrected chi connectivity index (χ2v) is 5.33. The molecule has 0 bridgehead atoms. The van der Waals surface area contributed by atoms with Gasteiger partial charge in [0, 0.05) is 25.3 Å². The summed E-state index contributed by atoms with van der Waals surface area (Å²) in [6.07, 6.45) is 2.41. The summed E-state index contributed by atoms with van der Waals surface area (Å²) in [7, 11) is 0. The highest BCUT2D eigenvalue weighted by Crippen LogP contribution is 2.13. The van der Waals surface area contributed by atoms with Gasteiger partial charge in [-0.2, -0.15) is 0 Å². The van der Waals surface area contributed by atoms with Crippen molar-refractivity contribution in [2.45, 2.75) is 45.8 Å². The molecule has 1 aliphatic heterocycles. The maximum atomic E-state index is 12.0. The molecule has 20 heavy (non-hydrogen) atoms. The Kier molecular flexibility index (Phi) is 4.89. The molecule has 1 amide bonds. The van der Waals surface area contributed by atoms with Crippen LogP contribution in [-0.4, -0.2) is 41.2 Å². The maximum Gasteiger partial charge on any atom is 0.270 e. The van der Waals surface area contributed by atoms with Crippen molar-refractivity contribution in [2.24, 2.45) is 0 Å². The fourth-order valence-corrected chi connectivity index (χ4v) is 2.13. The highest BCUT2D eigenvalue weighted by molar-refractivity contribution is 5.93. The minimum Gasteiger partial charge on any atom is -0.376 e. The highest BCUT2D eigenvalue weighted by Gasteiger charge is 2.16. The minimum absolute atomic E-state index is 0.0843. The summed E-state index contributed by atoms with van der Waals surface area (Å²) in [4.78, 5) is 20.4. The topological polar surface area (TPSA) is 76.1 Å². The first-order valence-electron chi connectivity index (χ1n) is 7.06. The first-order chi connectivity index (χ1) is 9.54. The van der Waals surface area contributed by atoms with Crippen molar-refractivity contribution in [3.8, 4) is 0 Å². The molecule has 6 heteroatoms. The van der Waals surface area contributed by atoms with Gasteiger partial charge >= 0.3 is 0 Å². The number of hydrogen-bond donors (Lipinski definition) is 2. The van der Waals surface area contributed by atoms with Gasteiger partial charge in [-0.1, -0.05) is 0 Å². The average Bonchev–Trinajstić information content (AvgIpc) is 2.88. The molecule has 0 aromatic carbocycles. The second-order valence-electron chi connectivity index (χ2n) is 5.33. The van der Waals surface area contributed by atoms with Gasteiger partial charge in [-0.15, -0.1) is 0 Å². The summed E-state index contributed by atoms with van der Waals surface area (Å²) < 4.78 is 5.55. The van der Waals surface area contributed by atoms with Gasteiger partial charge in [-0.3, -0.25) is 4.79 Å². The van der Waals surface area contributed by atoms with Crippen LogP contribution in [-0.2, 0) is 4.74 Å². The normalized spacial score (nSPS) is 18.3. The Bertz CT molecular complexity index is 470. The minimum atomic E-state index is -0.175. The maximum absolute atomic E-state index is 12.0. The molecule has 2 heterocycles. The molecular formula is C14H22N4O2. The van der Waals surface area contributed by atoms with E-state index in [9.17, 15) is 4.79 Å². The Hall–Kier alpha value is -1.69. The summed E-state index contributed by atoms with van der Waals surface area (Å²) in [5.74, 6) is 1.07. The molecule has 2 rings (SSSR count). The third kappa shape index (κ3) is 4.16. The number of amides is 1. The number of nitrogens with one attached hydrogen (secondary N) is 2. The van der Waals surface area contributed by atoms with Crippen molar-refractivity contribution < 1.29 is 9.53 Å². The smallest absolute Gasteiger partial charge is 0.270 e. The Labute approximate surface area is 119 Å². The molecule has 1 atom stereocenters. The lowest BCUT2D eigenvalue weighted by Crippen LogP contribution is -2.31. The van der Waals surface area contributed by atoms with Crippen LogP contribution < -0.4 is 10.6 Å². The number of carbonyl (C=O) groups is 1. The molecule has 0 saturated carbocycles. The number of ether oxygens (including phenoxy) is 1. The Morgan fingerprint density at radius 1 is 1.50 bits per heavy atom. The van der Waals surface area contributed by atoms with Crippen LogP contribution in [0.4, 0.5) is 5.82 Å². The van der Waals surface area contributed by atoms with E-state index < -0.39 is 0 Å². The predicted molar refractivity (Wildman–Crippen MR) is 76.8 cm³/mol. The molecule has 1 saturated heterocycles. The Morgan fingerprint density at radius 2 is 2.30 bits per heavy atom. The SMILES string of the molecule is Cc1nc(NCC2CCCO2)cc(C(=O)NC(C)C)n1. The molecule has 1 unspecified atom stereocenters. The monoisotopic (exact) mass is 278 g/mol. The second kappa shape index (κ2) is 6.65. The molecule has 110 valence electrons. The van der Waals surface area contributed by atoms with Gasteiger partial charge < -0.3 is 15.4 Å². The summed E-state index contributed by atoms with van der Waals surface area (Å²) in [6, 6.07) is 1.76. The number of carbonyl (C=O) groups excluding carboxylic acids is 1. The first-order valence-corrected chi connectivity index (χ1v) is 7.06. The van der Waals surface area contributed by atoms with Gasteiger partial charge in [0.1, 0.15) is 17.3 Å². The Balaban J connectivity index is 2.01. The van der Waals surface area contributed by atoms with E-state index in [1.54, 1.807) is 13.0 Å². The summed E-state index contributed by atoms with van der Waals surface area (Å²) >= 11 is 0. The average molecular weight is 278 g/mol. The van der Waals surface area contributed by atoms with Crippen LogP contribution in [0.2, 0.25) is 0 Å². The number of rotatable bonds is 5. The number of hydrogen-bond acceptors (Lipinski definition) is 5. The van der Waals surface area contributed by atoms with Crippen LogP contribution in [0.1, 0.15) is 43.0 Å². The zero-order valence-electron chi connectivity index (χ0n) is 12.3. The Morgan fingerprint density at radius 3 is 2.95 bits per heavy atom. The molecule has 0 aliphatic carbocycles. The number of nitrogens with zero attached hydrogens (tertiary/aromatic N) is 2. The molecule has 0 radical (unpaired) electrons. The summed E-state index contributed by atoms with van der Waals surface area (Å²) in [5.41, 5.74) is 0.390. The zero-order valence-corrected chi connectivity index (χ0v) is 12.3. The zero-order chi connectivity index (χ0) is 14.5. The van der Waals surface area contributed by atoms with E-state index in [-0.39, 0.29) is 18.1 Å². The lowest BCUT2D eigenvalue weighted by Gasteiger charge is -2.13. The van der Waals surface area contributed by atoms with Crippen molar-refractivity contribution in [1.82, 2.24) is 15.3 Å². The largest absolute Gasteiger partial charge is 0.376 e. The van der Waals surface area contributed by atoms with E-state index in [0.29, 0.717) is 23.9 Å². The third-order valence-electron chi connectivity index (χ3n) is 3.03. The van der Waals surface area contributed by atoms with E-state index in [0.717, 1.165) is 19.4 Å². The van der Waals surface area contributed by atoms with Crippen molar-refractivity contribution in [3.63, 3.8) is 0 Å². The molecule has 0 spiro atoms. The predicted octanol–water partition coefficient (Wildman–Crippen LogP) is 1.51. The molecule has 6 nitrogen and oxygen atoms in total.